The Labute approximate surface area is 122 Å². The van der Waals surface area contributed by atoms with Gasteiger partial charge in [-0.3, -0.25) is 10.1 Å². The number of alkyl halides is 3. The van der Waals surface area contributed by atoms with E-state index in [1.165, 1.54) is 4.90 Å². The summed E-state index contributed by atoms with van der Waals surface area (Å²) in [6.07, 6.45) is -5.76. The van der Waals surface area contributed by atoms with Gasteiger partial charge < -0.3 is 14.9 Å². The Hall–Kier alpha value is -2.52. The molecule has 0 saturated carbocycles. The second-order valence-electron chi connectivity index (χ2n) is 4.72. The van der Waals surface area contributed by atoms with E-state index in [1.807, 2.05) is 0 Å². The minimum absolute atomic E-state index is 0.0584. The van der Waals surface area contributed by atoms with Crippen LogP contribution in [0.2, 0.25) is 0 Å². The highest BCUT2D eigenvalue weighted by Crippen LogP contribution is 2.36. The van der Waals surface area contributed by atoms with E-state index in [9.17, 15) is 28.1 Å². The summed E-state index contributed by atoms with van der Waals surface area (Å²) in [6.45, 7) is 0.623. The van der Waals surface area contributed by atoms with Gasteiger partial charge in [0.2, 0.25) is 0 Å². The van der Waals surface area contributed by atoms with E-state index in [4.69, 9.17) is 5.11 Å². The molecule has 22 heavy (non-hydrogen) atoms. The minimum atomic E-state index is -4.66. The molecule has 0 aromatic heterocycles. The van der Waals surface area contributed by atoms with Crippen molar-refractivity contribution in [3.63, 3.8) is 0 Å². The van der Waals surface area contributed by atoms with Crippen molar-refractivity contribution in [2.45, 2.75) is 6.18 Å². The number of hydrogen-bond acceptors (Lipinski definition) is 4. The molecular formula is C12H12F3N3O4. The van der Waals surface area contributed by atoms with E-state index in [1.54, 1.807) is 0 Å². The first-order chi connectivity index (χ1) is 10.2. The van der Waals surface area contributed by atoms with Gasteiger partial charge >= 0.3 is 12.3 Å². The molecule has 1 amide bonds. The number of anilines is 1. The number of nitro groups is 1. The number of nitro benzene ring substituents is 1. The SMILES string of the molecule is O=C(O)N1CCN(c2ccc(C(F)(F)F)cc2[N+](=O)[O-])CC1. The van der Waals surface area contributed by atoms with Gasteiger partial charge in [0.25, 0.3) is 5.69 Å². The lowest BCUT2D eigenvalue weighted by atomic mass is 10.1. The minimum Gasteiger partial charge on any atom is -0.465 e. The fraction of sp³-hybridized carbons (Fsp3) is 0.417. The maximum Gasteiger partial charge on any atom is 0.416 e. The number of amides is 1. The number of halogens is 3. The zero-order valence-electron chi connectivity index (χ0n) is 11.2. The van der Waals surface area contributed by atoms with E-state index in [0.717, 1.165) is 17.0 Å². The Kier molecular flexibility index (Phi) is 4.11. The number of rotatable bonds is 2. The van der Waals surface area contributed by atoms with Gasteiger partial charge in [-0.1, -0.05) is 0 Å². The lowest BCUT2D eigenvalue weighted by molar-refractivity contribution is -0.384. The van der Waals surface area contributed by atoms with Crippen molar-refractivity contribution >= 4 is 17.5 Å². The van der Waals surface area contributed by atoms with Crippen molar-refractivity contribution in [1.82, 2.24) is 4.90 Å². The van der Waals surface area contributed by atoms with Crippen molar-refractivity contribution < 1.29 is 28.0 Å². The number of hydrogen-bond donors (Lipinski definition) is 1. The van der Waals surface area contributed by atoms with Crippen LogP contribution in [0.3, 0.4) is 0 Å². The summed E-state index contributed by atoms with van der Waals surface area (Å²) < 4.78 is 37.9. The summed E-state index contributed by atoms with van der Waals surface area (Å²) in [4.78, 5) is 23.6. The lowest BCUT2D eigenvalue weighted by Crippen LogP contribution is -2.48. The highest BCUT2D eigenvalue weighted by Gasteiger charge is 2.34. The van der Waals surface area contributed by atoms with Crippen molar-refractivity contribution in [3.05, 3.63) is 33.9 Å². The molecule has 1 aromatic rings. The first-order valence-corrected chi connectivity index (χ1v) is 6.28. The molecule has 1 heterocycles. The van der Waals surface area contributed by atoms with Crippen LogP contribution in [-0.2, 0) is 6.18 Å². The number of nitrogens with zero attached hydrogens (tertiary/aromatic N) is 3. The van der Waals surface area contributed by atoms with Crippen LogP contribution in [-0.4, -0.2) is 47.2 Å². The van der Waals surface area contributed by atoms with Crippen molar-refractivity contribution in [2.75, 3.05) is 31.1 Å². The van der Waals surface area contributed by atoms with Gasteiger partial charge in [-0.2, -0.15) is 13.2 Å². The van der Waals surface area contributed by atoms with Gasteiger partial charge in [0.15, 0.2) is 0 Å². The smallest absolute Gasteiger partial charge is 0.416 e. The predicted molar refractivity (Wildman–Crippen MR) is 69.9 cm³/mol. The molecule has 0 spiro atoms. The third-order valence-electron chi connectivity index (χ3n) is 3.39. The molecule has 0 atom stereocenters. The predicted octanol–water partition coefficient (Wildman–Crippen LogP) is 2.41. The molecule has 120 valence electrons. The normalized spacial score (nSPS) is 15.8. The highest BCUT2D eigenvalue weighted by molar-refractivity contribution is 5.67. The van der Waals surface area contributed by atoms with Crippen LogP contribution < -0.4 is 4.90 Å². The van der Waals surface area contributed by atoms with E-state index in [0.29, 0.717) is 6.07 Å². The Morgan fingerprint density at radius 1 is 1.23 bits per heavy atom. The topological polar surface area (TPSA) is 86.9 Å². The molecule has 1 aliphatic heterocycles. The molecule has 10 heteroatoms. The number of carboxylic acid groups (broad SMARTS) is 1. The molecule has 1 saturated heterocycles. The first kappa shape index (κ1) is 15.9. The number of benzene rings is 1. The van der Waals surface area contributed by atoms with Crippen LogP contribution in [0.5, 0.6) is 0 Å². The van der Waals surface area contributed by atoms with Crippen LogP contribution >= 0.6 is 0 Å². The average Bonchev–Trinajstić information content (AvgIpc) is 2.45. The highest BCUT2D eigenvalue weighted by atomic mass is 19.4. The number of carbonyl (C=O) groups is 1. The van der Waals surface area contributed by atoms with E-state index < -0.39 is 28.4 Å². The third-order valence-corrected chi connectivity index (χ3v) is 3.39. The fourth-order valence-corrected chi connectivity index (χ4v) is 2.25. The monoisotopic (exact) mass is 319 g/mol. The Bertz CT molecular complexity index is 598. The molecular weight excluding hydrogens is 307 g/mol. The summed E-state index contributed by atoms with van der Waals surface area (Å²) >= 11 is 0. The molecule has 2 rings (SSSR count). The second-order valence-corrected chi connectivity index (χ2v) is 4.72. The van der Waals surface area contributed by atoms with Crippen molar-refractivity contribution in [2.24, 2.45) is 0 Å². The largest absolute Gasteiger partial charge is 0.465 e. The van der Waals surface area contributed by atoms with Crippen molar-refractivity contribution in [1.29, 1.82) is 0 Å². The molecule has 0 bridgehead atoms. The quantitative estimate of drug-likeness (QED) is 0.668. The summed E-state index contributed by atoms with van der Waals surface area (Å²) in [5.74, 6) is 0. The zero-order valence-corrected chi connectivity index (χ0v) is 11.2. The summed E-state index contributed by atoms with van der Waals surface area (Å²) in [5.41, 5.74) is -1.67. The van der Waals surface area contributed by atoms with E-state index in [-0.39, 0.29) is 31.9 Å². The lowest BCUT2D eigenvalue weighted by Gasteiger charge is -2.34. The first-order valence-electron chi connectivity index (χ1n) is 6.28. The second kappa shape index (κ2) is 5.70. The maximum atomic E-state index is 12.6. The molecule has 1 fully saturated rings. The van der Waals surface area contributed by atoms with Gasteiger partial charge in [-0.25, -0.2) is 4.79 Å². The Morgan fingerprint density at radius 2 is 1.82 bits per heavy atom. The van der Waals surface area contributed by atoms with Gasteiger partial charge in [-0.05, 0) is 12.1 Å². The van der Waals surface area contributed by atoms with Crippen LogP contribution in [0.15, 0.2) is 18.2 Å². The maximum absolute atomic E-state index is 12.6. The zero-order chi connectivity index (χ0) is 16.5. The van der Waals surface area contributed by atoms with Gasteiger partial charge in [0, 0.05) is 32.2 Å². The third kappa shape index (κ3) is 3.21. The molecule has 0 unspecified atom stereocenters. The average molecular weight is 319 g/mol. The van der Waals surface area contributed by atoms with Crippen molar-refractivity contribution in [3.8, 4) is 0 Å². The molecule has 7 nitrogen and oxygen atoms in total. The molecule has 1 aromatic carbocycles. The van der Waals surface area contributed by atoms with Crippen LogP contribution in [0.25, 0.3) is 0 Å². The Morgan fingerprint density at radius 3 is 2.27 bits per heavy atom. The van der Waals surface area contributed by atoms with Crippen LogP contribution in [0.4, 0.5) is 29.3 Å². The molecule has 0 radical (unpaired) electrons. The fourth-order valence-electron chi connectivity index (χ4n) is 2.25. The standard InChI is InChI=1S/C12H12F3N3O4/c13-12(14,15)8-1-2-9(10(7-8)18(21)22)16-3-5-17(6-4-16)11(19)20/h1-2,7H,3-6H2,(H,19,20). The van der Waals surface area contributed by atoms with Gasteiger partial charge in [-0.15, -0.1) is 0 Å². The van der Waals surface area contributed by atoms with Gasteiger partial charge in [0.05, 0.1) is 10.5 Å². The molecule has 1 aliphatic rings. The molecule has 0 aliphatic carbocycles. The van der Waals surface area contributed by atoms with Crippen LogP contribution in [0.1, 0.15) is 5.56 Å². The van der Waals surface area contributed by atoms with E-state index >= 15 is 0 Å². The number of piperazine rings is 1. The van der Waals surface area contributed by atoms with E-state index in [2.05, 4.69) is 0 Å². The summed E-state index contributed by atoms with van der Waals surface area (Å²) in [5, 5.41) is 19.9. The summed E-state index contributed by atoms with van der Waals surface area (Å²) in [6, 6.07) is 2.34. The van der Waals surface area contributed by atoms with Gasteiger partial charge in [0.1, 0.15) is 5.69 Å². The van der Waals surface area contributed by atoms with Crippen LogP contribution in [0, 0.1) is 10.1 Å². The Balaban J connectivity index is 2.28. The molecule has 1 N–H and O–H groups in total. The summed E-state index contributed by atoms with van der Waals surface area (Å²) in [7, 11) is 0.